The van der Waals surface area contributed by atoms with Crippen molar-refractivity contribution in [2.45, 2.75) is 0 Å². The van der Waals surface area contributed by atoms with Crippen LogP contribution < -0.4 is 0 Å². The fourth-order valence-electron chi connectivity index (χ4n) is 0.568. The highest BCUT2D eigenvalue weighted by molar-refractivity contribution is 6.30. The second kappa shape index (κ2) is 6.95. The minimum atomic E-state index is 0.569. The summed E-state index contributed by atoms with van der Waals surface area (Å²) in [4.78, 5) is 21.5. The summed E-state index contributed by atoms with van der Waals surface area (Å²) < 4.78 is 0. The number of nitrogens with one attached hydrogen (secondary N) is 1. The van der Waals surface area contributed by atoms with Crippen LogP contribution in [0, 0.1) is 5.41 Å². The molecule has 1 aromatic carbocycles. The number of aliphatic imine (C=N–C) groups is 1. The molecule has 13 heavy (non-hydrogen) atoms. The molecule has 5 heteroatoms. The molecule has 0 spiro atoms. The third-order valence-electron chi connectivity index (χ3n) is 1.00. The molecule has 4 nitrogen and oxygen atoms in total. The molecule has 0 bridgehead atoms. The summed E-state index contributed by atoms with van der Waals surface area (Å²) in [5.41, 5.74) is 0.569. The molecule has 0 atom stereocenters. The van der Waals surface area contributed by atoms with E-state index in [4.69, 9.17) is 21.8 Å². The largest absolute Gasteiger partial charge is 0.240 e. The van der Waals surface area contributed by atoms with Gasteiger partial charge in [-0.1, -0.05) is 11.6 Å². The van der Waals surface area contributed by atoms with Crippen molar-refractivity contribution in [3.05, 3.63) is 29.3 Å². The van der Waals surface area contributed by atoms with E-state index in [1.54, 1.807) is 24.3 Å². The highest BCUT2D eigenvalue weighted by Crippen LogP contribution is 2.14. The van der Waals surface area contributed by atoms with Gasteiger partial charge in [-0.05, 0) is 24.3 Å². The number of benzene rings is 1. The lowest BCUT2D eigenvalue weighted by atomic mass is 10.3. The molecule has 0 saturated heterocycles. The first kappa shape index (κ1) is 11.3. The van der Waals surface area contributed by atoms with Crippen molar-refractivity contribution in [2.75, 3.05) is 0 Å². The van der Waals surface area contributed by atoms with Gasteiger partial charge in [0.25, 0.3) is 0 Å². The minimum absolute atomic E-state index is 0.569. The molecule has 66 valence electrons. The van der Waals surface area contributed by atoms with Crippen LogP contribution in [0.2, 0.25) is 5.02 Å². The second-order valence-electron chi connectivity index (χ2n) is 1.78. The van der Waals surface area contributed by atoms with Crippen LogP contribution in [0.1, 0.15) is 0 Å². The Morgan fingerprint density at radius 3 is 2.08 bits per heavy atom. The summed E-state index contributed by atoms with van der Waals surface area (Å²) >= 11 is 5.57. The van der Waals surface area contributed by atoms with E-state index in [0.29, 0.717) is 10.7 Å². The van der Waals surface area contributed by atoms with Gasteiger partial charge in [-0.3, -0.25) is 0 Å². The van der Waals surface area contributed by atoms with E-state index in [0.717, 1.165) is 6.08 Å². The van der Waals surface area contributed by atoms with Crippen LogP contribution in [0.5, 0.6) is 0 Å². The third kappa shape index (κ3) is 5.53. The zero-order chi connectivity index (χ0) is 10.1. The van der Waals surface area contributed by atoms with Crippen molar-refractivity contribution in [1.29, 1.82) is 5.41 Å². The Hall–Kier alpha value is -1.73. The van der Waals surface area contributed by atoms with E-state index >= 15 is 0 Å². The quantitative estimate of drug-likeness (QED) is 0.553. The number of rotatable bonds is 1. The van der Waals surface area contributed by atoms with Crippen molar-refractivity contribution < 1.29 is 9.59 Å². The topological polar surface area (TPSA) is 70.3 Å². The standard InChI is InChI=1S/C7H4ClNO.CHNO/c8-6-1-3-7(4-2-6)9-5-10;2-1-3/h1-4H;2H. The van der Waals surface area contributed by atoms with Crippen LogP contribution in [0.4, 0.5) is 5.69 Å². The maximum absolute atomic E-state index is 9.73. The van der Waals surface area contributed by atoms with Crippen LogP contribution in [0.25, 0.3) is 0 Å². The van der Waals surface area contributed by atoms with E-state index in [1.165, 1.54) is 6.08 Å². The Morgan fingerprint density at radius 2 is 1.69 bits per heavy atom. The van der Waals surface area contributed by atoms with Crippen molar-refractivity contribution in [1.82, 2.24) is 0 Å². The van der Waals surface area contributed by atoms with E-state index in [1.807, 2.05) is 0 Å². The van der Waals surface area contributed by atoms with Crippen LogP contribution in [0.3, 0.4) is 0 Å². The summed E-state index contributed by atoms with van der Waals surface area (Å²) in [5, 5.41) is 6.03. The Kier molecular flexibility index (Phi) is 6.02. The third-order valence-corrected chi connectivity index (χ3v) is 1.25. The Bertz CT molecular complexity index is 336. The molecule has 0 amide bonds. The molecule has 0 saturated carbocycles. The number of halogens is 1. The van der Waals surface area contributed by atoms with E-state index in [2.05, 4.69) is 4.99 Å². The zero-order valence-electron chi connectivity index (χ0n) is 6.45. The molecule has 0 unspecified atom stereocenters. The van der Waals surface area contributed by atoms with Gasteiger partial charge in [0.15, 0.2) is 0 Å². The van der Waals surface area contributed by atoms with Gasteiger partial charge in [-0.2, -0.15) is 4.99 Å². The summed E-state index contributed by atoms with van der Waals surface area (Å²) in [7, 11) is 0. The summed E-state index contributed by atoms with van der Waals surface area (Å²) in [6.07, 6.45) is 2.19. The molecule has 1 N–H and O–H groups in total. The molecule has 0 aliphatic carbocycles. The first-order valence-electron chi connectivity index (χ1n) is 3.12. The monoisotopic (exact) mass is 196 g/mol. The smallest absolute Gasteiger partial charge is 0.222 e. The molecule has 1 aromatic rings. The Morgan fingerprint density at radius 1 is 1.23 bits per heavy atom. The zero-order valence-corrected chi connectivity index (χ0v) is 7.21. The lowest BCUT2D eigenvalue weighted by molar-refractivity contribution is 0.562. The lowest BCUT2D eigenvalue weighted by Gasteiger charge is -1.88. The molecule has 0 aliphatic rings. The summed E-state index contributed by atoms with van der Waals surface area (Å²) in [6, 6.07) is 6.62. The Balaban J connectivity index is 0.000000424. The van der Waals surface area contributed by atoms with Gasteiger partial charge in [0.2, 0.25) is 12.2 Å². The number of nitrogens with zero attached hydrogens (tertiary/aromatic N) is 1. The number of hydrogen-bond donors (Lipinski definition) is 1. The second-order valence-corrected chi connectivity index (χ2v) is 2.22. The van der Waals surface area contributed by atoms with Crippen molar-refractivity contribution in [3.8, 4) is 0 Å². The number of hydrogen-bond acceptors (Lipinski definition) is 4. The van der Waals surface area contributed by atoms with Gasteiger partial charge in [-0.15, -0.1) is 0 Å². The molecule has 0 radical (unpaired) electrons. The van der Waals surface area contributed by atoms with Crippen LogP contribution in [-0.2, 0) is 9.59 Å². The van der Waals surface area contributed by atoms with Crippen LogP contribution in [0.15, 0.2) is 29.3 Å². The maximum Gasteiger partial charge on any atom is 0.240 e. The molecule has 0 aromatic heterocycles. The summed E-state index contributed by atoms with van der Waals surface area (Å²) in [5.74, 6) is 0. The van der Waals surface area contributed by atoms with Gasteiger partial charge in [-0.25, -0.2) is 15.0 Å². The predicted molar refractivity (Wildman–Crippen MR) is 47.6 cm³/mol. The van der Waals surface area contributed by atoms with Crippen molar-refractivity contribution in [2.24, 2.45) is 4.99 Å². The fraction of sp³-hybridized carbons (Fsp3) is 0. The van der Waals surface area contributed by atoms with Gasteiger partial charge in [0, 0.05) is 5.02 Å². The average molecular weight is 197 g/mol. The molecular weight excluding hydrogens is 192 g/mol. The van der Waals surface area contributed by atoms with Crippen molar-refractivity contribution >= 4 is 29.4 Å². The normalized spacial score (nSPS) is 7.15. The van der Waals surface area contributed by atoms with Gasteiger partial charge in [0.1, 0.15) is 0 Å². The van der Waals surface area contributed by atoms with Gasteiger partial charge in [0.05, 0.1) is 5.69 Å². The van der Waals surface area contributed by atoms with Gasteiger partial charge < -0.3 is 0 Å². The minimum Gasteiger partial charge on any atom is -0.222 e. The average Bonchev–Trinajstić information content (AvgIpc) is 2.11. The summed E-state index contributed by atoms with van der Waals surface area (Å²) in [6.45, 7) is 0. The number of isocyanates is 2. The van der Waals surface area contributed by atoms with Crippen LogP contribution in [-0.4, -0.2) is 12.2 Å². The molecule has 1 rings (SSSR count). The fourth-order valence-corrected chi connectivity index (χ4v) is 0.694. The first-order valence-corrected chi connectivity index (χ1v) is 3.49. The molecular formula is C8H5ClN2O2. The maximum atomic E-state index is 9.73. The van der Waals surface area contributed by atoms with Crippen molar-refractivity contribution in [3.63, 3.8) is 0 Å². The first-order chi connectivity index (χ1) is 6.24. The molecule has 0 aliphatic heterocycles. The predicted octanol–water partition coefficient (Wildman–Crippen LogP) is 2.21. The van der Waals surface area contributed by atoms with E-state index in [9.17, 15) is 4.79 Å². The SMILES string of the molecule is N=C=O.O=C=Nc1ccc(Cl)cc1. The highest BCUT2D eigenvalue weighted by atomic mass is 35.5. The highest BCUT2D eigenvalue weighted by Gasteiger charge is 1.86. The number of carbonyl (C=O) groups excluding carboxylic acids is 2. The molecule has 0 heterocycles. The van der Waals surface area contributed by atoms with Crippen LogP contribution >= 0.6 is 11.6 Å². The lowest BCUT2D eigenvalue weighted by Crippen LogP contribution is -1.62. The Labute approximate surface area is 79.4 Å². The molecule has 0 fully saturated rings. The van der Waals surface area contributed by atoms with E-state index in [-0.39, 0.29) is 0 Å². The van der Waals surface area contributed by atoms with Gasteiger partial charge >= 0.3 is 0 Å². The van der Waals surface area contributed by atoms with E-state index < -0.39 is 0 Å².